The Morgan fingerprint density at radius 3 is 2.65 bits per heavy atom. The van der Waals surface area contributed by atoms with E-state index >= 15 is 0 Å². The third kappa shape index (κ3) is 8.96. The monoisotopic (exact) mass is 540 g/mol. The number of ketones is 1. The molecule has 0 aliphatic heterocycles. The third-order valence-corrected chi connectivity index (χ3v) is 5.18. The van der Waals surface area contributed by atoms with E-state index in [1.54, 1.807) is 18.2 Å². The van der Waals surface area contributed by atoms with Gasteiger partial charge in [0.2, 0.25) is 0 Å². The Kier molecular flexibility index (Phi) is 9.79. The summed E-state index contributed by atoms with van der Waals surface area (Å²) in [5, 5.41) is 3.54. The van der Waals surface area contributed by atoms with Gasteiger partial charge in [0.05, 0.1) is 17.1 Å². The first kappa shape index (κ1) is 28.3. The van der Waals surface area contributed by atoms with Gasteiger partial charge in [-0.1, -0.05) is 17.7 Å². The minimum atomic E-state index is -4.44. The SMILES string of the molecule is CN(C)C/C=C/C(=O)Cc1cc2c(Nc3ccc(F)c(Cl)c3)ncnc2cc1OCCOCC(F)(F)F. The van der Waals surface area contributed by atoms with E-state index in [4.69, 9.17) is 16.3 Å². The number of hydrogen-bond donors (Lipinski definition) is 1. The lowest BCUT2D eigenvalue weighted by Crippen LogP contribution is -2.19. The molecule has 3 aromatic rings. The summed E-state index contributed by atoms with van der Waals surface area (Å²) in [5.41, 5.74) is 1.42. The van der Waals surface area contributed by atoms with E-state index in [9.17, 15) is 22.4 Å². The van der Waals surface area contributed by atoms with Crippen LogP contribution >= 0.6 is 11.6 Å². The fourth-order valence-corrected chi connectivity index (χ4v) is 3.43. The number of nitrogens with one attached hydrogen (secondary N) is 1. The van der Waals surface area contributed by atoms with Gasteiger partial charge in [-0.25, -0.2) is 14.4 Å². The molecule has 0 amide bonds. The summed E-state index contributed by atoms with van der Waals surface area (Å²) in [6.45, 7) is -1.27. The second kappa shape index (κ2) is 12.8. The summed E-state index contributed by atoms with van der Waals surface area (Å²) in [6, 6.07) is 7.37. The number of halogens is 5. The number of carbonyl (C=O) groups excluding carboxylic acids is 1. The van der Waals surface area contributed by atoms with E-state index in [2.05, 4.69) is 20.0 Å². The lowest BCUT2D eigenvalue weighted by Gasteiger charge is -2.15. The maximum absolute atomic E-state index is 13.5. The molecule has 7 nitrogen and oxygen atoms in total. The molecule has 0 radical (unpaired) electrons. The molecule has 0 aliphatic carbocycles. The van der Waals surface area contributed by atoms with E-state index in [-0.39, 0.29) is 36.2 Å². The highest BCUT2D eigenvalue weighted by Crippen LogP contribution is 2.31. The molecular formula is C25H25ClF4N4O3. The summed E-state index contributed by atoms with van der Waals surface area (Å²) in [4.78, 5) is 23.0. The van der Waals surface area contributed by atoms with Gasteiger partial charge in [-0.15, -0.1) is 0 Å². The molecule has 3 rings (SSSR count). The Balaban J connectivity index is 1.88. The molecule has 2 aromatic carbocycles. The Bertz CT molecular complexity index is 1270. The molecule has 1 N–H and O–H groups in total. The molecule has 0 unspecified atom stereocenters. The van der Waals surface area contributed by atoms with Gasteiger partial charge < -0.3 is 19.7 Å². The zero-order valence-corrected chi connectivity index (χ0v) is 20.9. The van der Waals surface area contributed by atoms with Gasteiger partial charge in [-0.3, -0.25) is 4.79 Å². The van der Waals surface area contributed by atoms with Crippen molar-refractivity contribution in [1.29, 1.82) is 0 Å². The highest BCUT2D eigenvalue weighted by atomic mass is 35.5. The topological polar surface area (TPSA) is 76.6 Å². The number of hydrogen-bond acceptors (Lipinski definition) is 7. The second-order valence-electron chi connectivity index (χ2n) is 8.28. The molecule has 198 valence electrons. The van der Waals surface area contributed by atoms with Crippen LogP contribution in [0.5, 0.6) is 5.75 Å². The number of rotatable bonds is 12. The predicted octanol–water partition coefficient (Wildman–Crippen LogP) is 5.35. The number of likely N-dealkylation sites (N-methyl/N-ethyl adjacent to an activating group) is 1. The summed E-state index contributed by atoms with van der Waals surface area (Å²) in [5.74, 6) is -0.100. The lowest BCUT2D eigenvalue weighted by molar-refractivity contribution is -0.175. The zero-order valence-electron chi connectivity index (χ0n) is 20.1. The van der Waals surface area contributed by atoms with Crippen molar-refractivity contribution in [1.82, 2.24) is 14.9 Å². The van der Waals surface area contributed by atoms with Gasteiger partial charge in [0.25, 0.3) is 0 Å². The molecule has 0 saturated carbocycles. The molecule has 0 saturated heterocycles. The van der Waals surface area contributed by atoms with Crippen LogP contribution in [-0.2, 0) is 16.0 Å². The van der Waals surface area contributed by atoms with Crippen molar-refractivity contribution in [3.63, 3.8) is 0 Å². The second-order valence-corrected chi connectivity index (χ2v) is 8.68. The molecule has 0 aliphatic rings. The Hall–Kier alpha value is -3.28. The van der Waals surface area contributed by atoms with E-state index < -0.39 is 18.6 Å². The van der Waals surface area contributed by atoms with E-state index in [0.717, 1.165) is 0 Å². The molecule has 0 fully saturated rings. The van der Waals surface area contributed by atoms with Gasteiger partial charge in [-0.2, -0.15) is 13.2 Å². The molecule has 0 atom stereocenters. The zero-order chi connectivity index (χ0) is 27.0. The summed E-state index contributed by atoms with van der Waals surface area (Å²) in [6.07, 6.45) is 0.0233. The third-order valence-electron chi connectivity index (χ3n) is 4.89. The van der Waals surface area contributed by atoms with Crippen LogP contribution in [0.15, 0.2) is 48.8 Å². The molecule has 1 heterocycles. The Labute approximate surface area is 216 Å². The summed E-state index contributed by atoms with van der Waals surface area (Å²) in [7, 11) is 3.74. The molecular weight excluding hydrogens is 516 g/mol. The maximum Gasteiger partial charge on any atom is 0.411 e. The number of benzene rings is 2. The van der Waals surface area contributed by atoms with Gasteiger partial charge in [-0.05, 0) is 44.4 Å². The van der Waals surface area contributed by atoms with Crippen molar-refractivity contribution < 1.29 is 31.8 Å². The van der Waals surface area contributed by atoms with Gasteiger partial charge in [0.15, 0.2) is 5.78 Å². The predicted molar refractivity (Wildman–Crippen MR) is 133 cm³/mol. The average Bonchev–Trinajstić information content (AvgIpc) is 2.81. The van der Waals surface area contributed by atoms with Crippen LogP contribution in [0.25, 0.3) is 10.9 Å². The van der Waals surface area contributed by atoms with Crippen LogP contribution < -0.4 is 10.1 Å². The quantitative estimate of drug-likeness (QED) is 0.188. The summed E-state index contributed by atoms with van der Waals surface area (Å²) < 4.78 is 60.8. The molecule has 37 heavy (non-hydrogen) atoms. The van der Waals surface area contributed by atoms with Crippen molar-refractivity contribution in [2.24, 2.45) is 0 Å². The van der Waals surface area contributed by atoms with E-state index in [1.165, 1.54) is 30.6 Å². The van der Waals surface area contributed by atoms with Gasteiger partial charge in [0.1, 0.15) is 36.9 Å². The smallest absolute Gasteiger partial charge is 0.411 e. The molecule has 1 aromatic heterocycles. The average molecular weight is 541 g/mol. The van der Waals surface area contributed by atoms with E-state index in [0.29, 0.717) is 34.5 Å². The van der Waals surface area contributed by atoms with Crippen LogP contribution in [0.3, 0.4) is 0 Å². The van der Waals surface area contributed by atoms with Crippen LogP contribution in [0.1, 0.15) is 5.56 Å². The normalized spacial score (nSPS) is 12.0. The minimum absolute atomic E-state index is 0.0324. The number of ether oxygens (including phenoxy) is 2. The Morgan fingerprint density at radius 1 is 1.16 bits per heavy atom. The highest BCUT2D eigenvalue weighted by Gasteiger charge is 2.27. The Morgan fingerprint density at radius 2 is 1.95 bits per heavy atom. The van der Waals surface area contributed by atoms with Crippen molar-refractivity contribution in [3.05, 3.63) is 65.2 Å². The standard InChI is InChI=1S/C25H25ClF4N4O3/c1-34(2)7-3-4-18(35)10-16-11-19-22(13-23(16)37-9-8-36-14-25(28,29)30)31-15-32-24(19)33-17-5-6-21(27)20(26)12-17/h3-6,11-13,15H,7-10,14H2,1-2H3,(H,31,32,33)/b4-3+. The molecule has 12 heteroatoms. The number of fused-ring (bicyclic) bond motifs is 1. The van der Waals surface area contributed by atoms with Crippen molar-refractivity contribution in [3.8, 4) is 5.75 Å². The first-order chi connectivity index (χ1) is 17.5. The first-order valence-corrected chi connectivity index (χ1v) is 11.5. The number of allylic oxidation sites excluding steroid dienone is 1. The van der Waals surface area contributed by atoms with Crippen molar-refractivity contribution in [2.75, 3.05) is 45.8 Å². The van der Waals surface area contributed by atoms with E-state index in [1.807, 2.05) is 19.0 Å². The van der Waals surface area contributed by atoms with Gasteiger partial charge in [0, 0.05) is 35.7 Å². The largest absolute Gasteiger partial charge is 0.491 e. The lowest BCUT2D eigenvalue weighted by atomic mass is 10.0. The maximum atomic E-state index is 13.5. The van der Waals surface area contributed by atoms with Crippen molar-refractivity contribution in [2.45, 2.75) is 12.6 Å². The van der Waals surface area contributed by atoms with Gasteiger partial charge >= 0.3 is 6.18 Å². The van der Waals surface area contributed by atoms with Crippen LogP contribution in [0.4, 0.5) is 29.1 Å². The fourth-order valence-electron chi connectivity index (χ4n) is 3.25. The minimum Gasteiger partial charge on any atom is -0.491 e. The first-order valence-electron chi connectivity index (χ1n) is 11.1. The van der Waals surface area contributed by atoms with Crippen molar-refractivity contribution >= 4 is 39.8 Å². The molecule has 0 bridgehead atoms. The van der Waals surface area contributed by atoms with Crippen LogP contribution in [0.2, 0.25) is 5.02 Å². The summed E-state index contributed by atoms with van der Waals surface area (Å²) >= 11 is 5.87. The number of carbonyl (C=O) groups is 1. The van der Waals surface area contributed by atoms with Crippen LogP contribution in [-0.4, -0.2) is 67.3 Å². The number of anilines is 2. The number of alkyl halides is 3. The number of aromatic nitrogens is 2. The fraction of sp³-hybridized carbons (Fsp3) is 0.320. The van der Waals surface area contributed by atoms with Crippen LogP contribution in [0, 0.1) is 5.82 Å². The number of nitrogens with zero attached hydrogens (tertiary/aromatic N) is 3. The molecule has 0 spiro atoms. The highest BCUT2D eigenvalue weighted by molar-refractivity contribution is 6.31.